The Kier molecular flexibility index (Phi) is 14.8. The smallest absolute Gasteiger partial charge is 0.266 e. The summed E-state index contributed by atoms with van der Waals surface area (Å²) in [5.74, 6) is -10.8. The van der Waals surface area contributed by atoms with Crippen LogP contribution in [0.25, 0.3) is 6.08 Å². The molecular formula is C25H32N4O18S4. The minimum Gasteiger partial charge on any atom is -0.494 e. The molecule has 2 rings (SSSR count). The number of hydrogen-bond acceptors (Lipinski definition) is 14. The Bertz CT molecular complexity index is 2040. The molecule has 26 heteroatoms. The van der Waals surface area contributed by atoms with Crippen LogP contribution in [0.15, 0.2) is 33.7 Å². The molecule has 2 atom stereocenters. The van der Waals surface area contributed by atoms with E-state index in [4.69, 9.17) is 0 Å². The zero-order chi connectivity index (χ0) is 39.2. The topological polar surface area (TPSA) is 344 Å². The zero-order valence-electron chi connectivity index (χ0n) is 26.4. The third-order valence-corrected chi connectivity index (χ3v) is 9.46. The number of aliphatic hydroxyl groups excluding tert-OH is 2. The van der Waals surface area contributed by atoms with Crippen molar-refractivity contribution in [1.29, 1.82) is 0 Å². The number of hydrogen-bond donors (Lipinski definition) is 7. The van der Waals surface area contributed by atoms with E-state index in [1.54, 1.807) is 0 Å². The van der Waals surface area contributed by atoms with Crippen LogP contribution in [0.5, 0.6) is 5.88 Å². The predicted molar refractivity (Wildman–Crippen MR) is 175 cm³/mol. The highest BCUT2D eigenvalue weighted by Gasteiger charge is 2.40. The Hall–Kier alpha value is -3.99. The fourth-order valence-corrected chi connectivity index (χ4v) is 6.30. The average molecular weight is 805 g/mol. The number of amides is 4. The second-order valence-corrected chi connectivity index (χ2v) is 15.3. The van der Waals surface area contributed by atoms with E-state index >= 15 is 0 Å². The summed E-state index contributed by atoms with van der Waals surface area (Å²) in [6.07, 6.45) is 2.75. The van der Waals surface area contributed by atoms with Gasteiger partial charge in [0.1, 0.15) is 36.4 Å². The maximum atomic E-state index is 13.4. The van der Waals surface area contributed by atoms with Crippen molar-refractivity contribution in [3.8, 4) is 5.88 Å². The summed E-state index contributed by atoms with van der Waals surface area (Å²) in [6.45, 7) is -2.08. The van der Waals surface area contributed by atoms with Gasteiger partial charge in [0.25, 0.3) is 49.4 Å². The van der Waals surface area contributed by atoms with Gasteiger partial charge in [0.2, 0.25) is 5.88 Å². The van der Waals surface area contributed by atoms with E-state index in [9.17, 15) is 82.8 Å². The van der Waals surface area contributed by atoms with Crippen LogP contribution in [0, 0.1) is 6.92 Å². The first-order chi connectivity index (χ1) is 23.5. The van der Waals surface area contributed by atoms with Crippen molar-refractivity contribution in [2.24, 2.45) is 0 Å². The van der Waals surface area contributed by atoms with Crippen LogP contribution in [-0.2, 0) is 63.3 Å². The van der Waals surface area contributed by atoms with Crippen LogP contribution >= 0.6 is 0 Å². The first kappa shape index (κ1) is 43.2. The van der Waals surface area contributed by atoms with Gasteiger partial charge in [-0.25, -0.2) is 8.42 Å². The quantitative estimate of drug-likeness (QED) is 0.0216. The van der Waals surface area contributed by atoms with Crippen LogP contribution < -0.4 is 5.56 Å². The van der Waals surface area contributed by atoms with Gasteiger partial charge in [0.05, 0.1) is 11.5 Å². The molecule has 51 heavy (non-hydrogen) atoms. The van der Waals surface area contributed by atoms with Gasteiger partial charge in [-0.3, -0.25) is 42.5 Å². The number of aromatic nitrogens is 1. The Morgan fingerprint density at radius 1 is 0.824 bits per heavy atom. The van der Waals surface area contributed by atoms with Crippen LogP contribution in [0.2, 0.25) is 0 Å². The zero-order valence-corrected chi connectivity index (χ0v) is 29.7. The minimum absolute atomic E-state index is 0.249. The number of aromatic hydroxyl groups is 1. The average Bonchev–Trinajstić information content (AvgIpc) is 2.99. The summed E-state index contributed by atoms with van der Waals surface area (Å²) >= 11 is -5.40. The van der Waals surface area contributed by atoms with E-state index in [0.717, 1.165) is 32.1 Å². The molecule has 0 spiro atoms. The van der Waals surface area contributed by atoms with Crippen LogP contribution in [0.1, 0.15) is 28.4 Å². The van der Waals surface area contributed by atoms with Gasteiger partial charge in [-0.15, -0.1) is 0 Å². The van der Waals surface area contributed by atoms with E-state index in [1.165, 1.54) is 0 Å². The van der Waals surface area contributed by atoms with Crippen molar-refractivity contribution in [3.05, 3.63) is 55.9 Å². The summed E-state index contributed by atoms with van der Waals surface area (Å²) in [7, 11) is -9.53. The van der Waals surface area contributed by atoms with E-state index < -0.39 is 155 Å². The fraction of sp³-hybridized carbons (Fsp3) is 0.400. The third kappa shape index (κ3) is 11.0. The monoisotopic (exact) mass is 804 g/mol. The molecule has 4 amide bonds. The number of nitrogens with zero attached hydrogens (tertiary/aromatic N) is 4. The second kappa shape index (κ2) is 17.5. The lowest BCUT2D eigenvalue weighted by Gasteiger charge is -2.30. The lowest BCUT2D eigenvalue weighted by molar-refractivity contribution is -0.142. The van der Waals surface area contributed by atoms with E-state index in [1.807, 2.05) is 0 Å². The molecule has 2 heterocycles. The molecule has 0 radical (unpaired) electrons. The summed E-state index contributed by atoms with van der Waals surface area (Å²) in [5.41, 5.74) is -4.57. The maximum absolute atomic E-state index is 13.4. The van der Waals surface area contributed by atoms with Gasteiger partial charge in [0, 0.05) is 24.2 Å². The van der Waals surface area contributed by atoms with E-state index in [-0.39, 0.29) is 10.5 Å². The fourth-order valence-electron chi connectivity index (χ4n) is 4.54. The molecule has 0 aromatic carbocycles. The highest BCUT2D eigenvalue weighted by Crippen LogP contribution is 2.28. The highest BCUT2D eigenvalue weighted by atomic mass is 32.2. The number of pyridine rings is 1. The number of allylic oxidation sites excluding steroid dienone is 2. The van der Waals surface area contributed by atoms with Gasteiger partial charge >= 0.3 is 0 Å². The van der Waals surface area contributed by atoms with Crippen LogP contribution in [-0.4, -0.2) is 145 Å². The van der Waals surface area contributed by atoms with Crippen molar-refractivity contribution in [1.82, 2.24) is 19.3 Å². The molecule has 0 fully saturated rings. The number of aliphatic hydroxyl groups is 2. The normalized spacial score (nSPS) is 16.2. The third-order valence-electron chi connectivity index (χ3n) is 7.00. The predicted octanol–water partition coefficient (Wildman–Crippen LogP) is -3.21. The molecule has 22 nitrogen and oxygen atoms in total. The largest absolute Gasteiger partial charge is 0.494 e. The molecule has 0 saturated heterocycles. The van der Waals surface area contributed by atoms with Gasteiger partial charge in [0.15, 0.2) is 22.2 Å². The summed E-state index contributed by atoms with van der Waals surface area (Å²) < 4.78 is 105. The Morgan fingerprint density at radius 3 is 1.78 bits per heavy atom. The number of carbonyl (C=O) groups excluding carboxylic acids is 4. The molecule has 2 unspecified atom stereocenters. The standard InChI is InChI=1S/C25H32N4O18S4/c1-14-16(20(32)28(6-8-50(42,43)44)24(36)18(14)22(34)26(10-30)12-48(38)39)4-3-5-17-15(2)19(23(35)27(11-31)13-49(40)41)25(37)29(21(17)33)7-9-51(45,46)47/h3-5,30-31,36H,6-13H2,1-2H3,(H,38,39)(H,40,41)(H,42,43,44)(H,45,46,47). The molecule has 0 bridgehead atoms. The van der Waals surface area contributed by atoms with Crippen LogP contribution in [0.4, 0.5) is 0 Å². The summed E-state index contributed by atoms with van der Waals surface area (Å²) in [4.78, 5) is 67.4. The van der Waals surface area contributed by atoms with E-state index in [2.05, 4.69) is 0 Å². The molecule has 1 aromatic heterocycles. The van der Waals surface area contributed by atoms with Crippen molar-refractivity contribution < 1.29 is 78.0 Å². The van der Waals surface area contributed by atoms with Gasteiger partial charge in [-0.05, 0) is 37.1 Å². The first-order valence-corrected chi connectivity index (χ1v) is 19.5. The van der Waals surface area contributed by atoms with Gasteiger partial charge in [-0.2, -0.15) is 16.8 Å². The lowest BCUT2D eigenvalue weighted by atomic mass is 9.93. The van der Waals surface area contributed by atoms with Crippen molar-refractivity contribution in [2.45, 2.75) is 20.4 Å². The molecule has 1 aliphatic heterocycles. The van der Waals surface area contributed by atoms with Gasteiger partial charge in [-0.1, -0.05) is 6.08 Å². The van der Waals surface area contributed by atoms with Crippen molar-refractivity contribution in [2.75, 3.05) is 43.3 Å². The SMILES string of the molecule is CC1=C(C(=O)N(CO)CS(=O)O)C(=O)N(CCS(=O)(=O)O)C(=O)C1=CC=Cc1c(C)c(C(=O)N(CO)CS(=O)O)c(O)n(CCS(=O)(=O)O)c1=O. The summed E-state index contributed by atoms with van der Waals surface area (Å²) in [5, 5.41) is 30.0. The Balaban J connectivity index is 2.88. The Morgan fingerprint density at radius 2 is 1.31 bits per heavy atom. The van der Waals surface area contributed by atoms with Crippen LogP contribution in [0.3, 0.4) is 0 Å². The lowest BCUT2D eigenvalue weighted by Crippen LogP contribution is -2.49. The molecule has 0 saturated carbocycles. The molecule has 1 aliphatic rings. The minimum atomic E-state index is -4.78. The van der Waals surface area contributed by atoms with Crippen molar-refractivity contribution >= 4 is 72.1 Å². The molecule has 0 aliphatic carbocycles. The molecule has 284 valence electrons. The summed E-state index contributed by atoms with van der Waals surface area (Å²) in [6, 6.07) is 0. The Labute approximate surface area is 294 Å². The van der Waals surface area contributed by atoms with E-state index in [0.29, 0.717) is 14.4 Å². The van der Waals surface area contributed by atoms with Gasteiger partial charge < -0.3 is 34.2 Å². The molecule has 1 aromatic rings. The maximum Gasteiger partial charge on any atom is 0.266 e. The number of carbonyl (C=O) groups is 4. The molecule has 7 N–H and O–H groups in total. The highest BCUT2D eigenvalue weighted by molar-refractivity contribution is 7.86. The first-order valence-electron chi connectivity index (χ1n) is 13.7. The number of rotatable bonds is 16. The van der Waals surface area contributed by atoms with Crippen molar-refractivity contribution in [3.63, 3.8) is 0 Å². The second-order valence-electron chi connectivity index (χ2n) is 10.3. The molecular weight excluding hydrogens is 773 g/mol. The number of imide groups is 1.